The van der Waals surface area contributed by atoms with Gasteiger partial charge in [0, 0.05) is 49.8 Å². The summed E-state index contributed by atoms with van der Waals surface area (Å²) in [5, 5.41) is 27.0. The maximum Gasteiger partial charge on any atom is 0.408 e. The number of hydrogen-bond donors (Lipinski definition) is 9. The molecule has 0 fully saturated rings. The summed E-state index contributed by atoms with van der Waals surface area (Å²) < 4.78 is 19.5. The molecule has 4 aromatic rings. The number of aliphatic hydroxyl groups excluding tert-OH is 1. The minimum absolute atomic E-state index is 0.121. The van der Waals surface area contributed by atoms with Crippen LogP contribution in [-0.2, 0) is 57.9 Å². The van der Waals surface area contributed by atoms with Gasteiger partial charge in [0.15, 0.2) is 5.82 Å². The summed E-state index contributed by atoms with van der Waals surface area (Å²) in [7, 11) is 0. The molecule has 75 heavy (non-hydrogen) atoms. The minimum Gasteiger partial charge on any atom is -0.445 e. The molecule has 8 amide bonds. The number of unbranched alkanes of at least 4 members (excludes halogenated alkanes) is 2. The number of alkyl carbamates (subject to hydrolysis) is 1. The number of aromatic nitrogens is 3. The second kappa shape index (κ2) is 27.2. The van der Waals surface area contributed by atoms with Gasteiger partial charge in [0.05, 0.1) is 29.8 Å². The van der Waals surface area contributed by atoms with Crippen molar-refractivity contribution in [2.24, 2.45) is 11.7 Å². The predicted molar refractivity (Wildman–Crippen MR) is 281 cm³/mol. The van der Waals surface area contributed by atoms with Crippen LogP contribution in [0.5, 0.6) is 0 Å². The molecule has 2 aromatic carbocycles. The maximum atomic E-state index is 13.6. The lowest BCUT2D eigenvalue weighted by atomic mass is 10.0. The van der Waals surface area contributed by atoms with Gasteiger partial charge in [-0.15, -0.1) is 0 Å². The zero-order valence-corrected chi connectivity index (χ0v) is 44.0. The molecular formula is C52H74N12O11. The Hall–Kier alpha value is -7.37. The fourth-order valence-corrected chi connectivity index (χ4v) is 8.24. The van der Waals surface area contributed by atoms with Crippen LogP contribution in [0.25, 0.3) is 21.9 Å². The van der Waals surface area contributed by atoms with Crippen molar-refractivity contribution in [3.8, 4) is 0 Å². The van der Waals surface area contributed by atoms with Gasteiger partial charge in [-0.3, -0.25) is 24.0 Å². The van der Waals surface area contributed by atoms with Gasteiger partial charge < -0.3 is 72.2 Å². The number of rotatable bonds is 29. The van der Waals surface area contributed by atoms with E-state index in [2.05, 4.69) is 36.9 Å². The number of amides is 8. The number of anilines is 2. The summed E-state index contributed by atoms with van der Waals surface area (Å²) >= 11 is 0. The van der Waals surface area contributed by atoms with Gasteiger partial charge in [-0.1, -0.05) is 50.6 Å². The lowest BCUT2D eigenvalue weighted by molar-refractivity contribution is -0.132. The third kappa shape index (κ3) is 17.4. The number of para-hydroxylation sites is 1. The summed E-state index contributed by atoms with van der Waals surface area (Å²) in [6.07, 6.45) is 3.18. The number of imidazole rings is 1. The number of nitrogen functional groups attached to an aromatic ring is 1. The van der Waals surface area contributed by atoms with Crippen LogP contribution in [0, 0.1) is 5.92 Å². The summed E-state index contributed by atoms with van der Waals surface area (Å²) in [4.78, 5) is 100. The van der Waals surface area contributed by atoms with E-state index in [9.17, 15) is 38.7 Å². The maximum absolute atomic E-state index is 13.6. The minimum atomic E-state index is -1.36. The molecule has 23 nitrogen and oxygen atoms in total. The van der Waals surface area contributed by atoms with Crippen LogP contribution in [-0.4, -0.2) is 129 Å². The number of ether oxygens (including phenoxy) is 3. The molecule has 23 heteroatoms. The van der Waals surface area contributed by atoms with Crippen LogP contribution in [0.4, 0.5) is 21.1 Å². The number of nitrogens with two attached hydrogens (primary N) is 2. The molecule has 0 spiro atoms. The first kappa shape index (κ1) is 58.5. The van der Waals surface area contributed by atoms with Gasteiger partial charge in [-0.05, 0) is 96.1 Å². The number of fused-ring (bicyclic) bond motifs is 3. The van der Waals surface area contributed by atoms with Crippen molar-refractivity contribution < 1.29 is 52.9 Å². The van der Waals surface area contributed by atoms with Crippen molar-refractivity contribution >= 4 is 75.1 Å². The van der Waals surface area contributed by atoms with Crippen LogP contribution < -0.4 is 43.4 Å². The molecule has 1 aliphatic rings. The second-order valence-corrected chi connectivity index (χ2v) is 19.7. The van der Waals surface area contributed by atoms with E-state index < -0.39 is 59.3 Å². The molecule has 3 heterocycles. The number of primary amides is 1. The monoisotopic (exact) mass is 1040 g/mol. The fraction of sp³-hybridized carbons (Fsp3) is 0.519. The van der Waals surface area contributed by atoms with Crippen molar-refractivity contribution in [1.29, 1.82) is 0 Å². The number of pyridine rings is 1. The molecule has 408 valence electrons. The standard InChI is InChI=1S/C52H74N12O11/c1-8-73-30-38-60-43-44(35-15-11-12-16-36(35)58-45(43)53)64(38)31-51(4,5)75-28-26-55-48(70)52(6,7)62-50(72)74-29-33-19-21-34(22-20-33)57-46(68)37(17-14-25-56-49(54)71)59-47(69)42(32(2)3)61-39(65)18-10-9-13-27-63-40(66)23-24-41(63)67/h11-12,15-16,19-24,32,37,40,42,66H,8-10,13-14,17-18,25-31H2,1-7H3,(H2,53,58)(H,55,70)(H,57,68)(H,59,69)(H,61,65)(H,62,72)(H3,54,56,71)/t37-,40?,42-/m0/s1. The number of urea groups is 1. The van der Waals surface area contributed by atoms with E-state index in [0.29, 0.717) is 67.4 Å². The molecule has 0 radical (unpaired) electrons. The molecule has 1 unspecified atom stereocenters. The van der Waals surface area contributed by atoms with Crippen LogP contribution in [0.2, 0.25) is 0 Å². The van der Waals surface area contributed by atoms with E-state index in [4.69, 9.17) is 30.7 Å². The van der Waals surface area contributed by atoms with Crippen LogP contribution in [0.15, 0.2) is 60.7 Å². The van der Waals surface area contributed by atoms with E-state index in [0.717, 1.165) is 16.4 Å². The number of carbonyl (C=O) groups excluding carboxylic acids is 7. The van der Waals surface area contributed by atoms with Gasteiger partial charge in [-0.25, -0.2) is 19.6 Å². The average molecular weight is 1040 g/mol. The number of aliphatic hydroxyl groups is 1. The Morgan fingerprint density at radius 1 is 0.880 bits per heavy atom. The first-order chi connectivity index (χ1) is 35.6. The fourth-order valence-electron chi connectivity index (χ4n) is 8.24. The van der Waals surface area contributed by atoms with E-state index in [1.807, 2.05) is 49.6 Å². The summed E-state index contributed by atoms with van der Waals surface area (Å²) in [6, 6.07) is 11.4. The topological polar surface area (TPSA) is 326 Å². The van der Waals surface area contributed by atoms with Crippen molar-refractivity contribution in [2.75, 3.05) is 43.9 Å². The number of nitrogens with zero attached hydrogens (tertiary/aromatic N) is 4. The summed E-state index contributed by atoms with van der Waals surface area (Å²) in [6.45, 7) is 14.2. The van der Waals surface area contributed by atoms with Gasteiger partial charge in [0.2, 0.25) is 29.5 Å². The molecule has 0 saturated heterocycles. The Morgan fingerprint density at radius 2 is 1.61 bits per heavy atom. The van der Waals surface area contributed by atoms with Crippen LogP contribution >= 0.6 is 0 Å². The van der Waals surface area contributed by atoms with Gasteiger partial charge in [-0.2, -0.15) is 0 Å². The number of benzene rings is 2. The summed E-state index contributed by atoms with van der Waals surface area (Å²) in [5.74, 6) is -1.54. The normalized spacial score (nSPS) is 14.4. The average Bonchev–Trinajstić information content (AvgIpc) is 3.88. The highest BCUT2D eigenvalue weighted by molar-refractivity contribution is 6.06. The number of carbonyl (C=O) groups is 7. The predicted octanol–water partition coefficient (Wildman–Crippen LogP) is 3.61. The molecular weight excluding hydrogens is 969 g/mol. The molecule has 2 aromatic heterocycles. The first-order valence-corrected chi connectivity index (χ1v) is 25.3. The zero-order valence-electron chi connectivity index (χ0n) is 44.0. The number of hydrogen-bond acceptors (Lipinski definition) is 14. The highest BCUT2D eigenvalue weighted by Gasteiger charge is 2.32. The third-order valence-electron chi connectivity index (χ3n) is 12.3. The van der Waals surface area contributed by atoms with E-state index in [-0.39, 0.29) is 69.9 Å². The first-order valence-electron chi connectivity index (χ1n) is 25.3. The number of nitrogens with one attached hydrogen (secondary N) is 6. The van der Waals surface area contributed by atoms with Crippen molar-refractivity contribution in [2.45, 2.75) is 136 Å². The van der Waals surface area contributed by atoms with Crippen molar-refractivity contribution in [3.05, 3.63) is 72.1 Å². The van der Waals surface area contributed by atoms with Crippen molar-refractivity contribution in [3.63, 3.8) is 0 Å². The van der Waals surface area contributed by atoms with Gasteiger partial charge >= 0.3 is 12.1 Å². The largest absolute Gasteiger partial charge is 0.445 e. The Morgan fingerprint density at radius 3 is 2.29 bits per heavy atom. The quantitative estimate of drug-likeness (QED) is 0.0351. The van der Waals surface area contributed by atoms with Crippen LogP contribution in [0.3, 0.4) is 0 Å². The van der Waals surface area contributed by atoms with E-state index >= 15 is 0 Å². The Kier molecular flexibility index (Phi) is 21.3. The summed E-state index contributed by atoms with van der Waals surface area (Å²) in [5.41, 5.74) is 12.6. The molecule has 3 atom stereocenters. The molecule has 0 aliphatic carbocycles. The van der Waals surface area contributed by atoms with E-state index in [1.165, 1.54) is 17.1 Å². The molecule has 11 N–H and O–H groups in total. The highest BCUT2D eigenvalue weighted by Crippen LogP contribution is 2.31. The molecule has 0 saturated carbocycles. The lowest BCUT2D eigenvalue weighted by Crippen LogP contribution is -2.55. The SMILES string of the molecule is CCOCc1nc2c(N)nc3ccccc3c2n1CC(C)(C)OCCNC(=O)C(C)(C)NC(=O)OCc1ccc(NC(=O)[C@H](CCCNC(N)=O)NC(=O)[C@@H](NC(=O)CCCCCN2C(=O)C=CC2O)C(C)C)cc1. The zero-order chi connectivity index (χ0) is 54.9. The smallest absolute Gasteiger partial charge is 0.408 e. The van der Waals surface area contributed by atoms with Crippen LogP contribution in [0.1, 0.15) is 98.4 Å². The van der Waals surface area contributed by atoms with Gasteiger partial charge in [0.25, 0.3) is 0 Å². The Bertz CT molecular complexity index is 2670. The van der Waals surface area contributed by atoms with Crippen molar-refractivity contribution in [1.82, 2.24) is 46.0 Å². The lowest BCUT2D eigenvalue weighted by Gasteiger charge is -2.28. The molecule has 5 rings (SSSR count). The van der Waals surface area contributed by atoms with Gasteiger partial charge in [0.1, 0.15) is 48.4 Å². The van der Waals surface area contributed by atoms with E-state index in [1.54, 1.807) is 52.0 Å². The Labute approximate surface area is 436 Å². The second-order valence-electron chi connectivity index (χ2n) is 19.7. The highest BCUT2D eigenvalue weighted by atomic mass is 16.5. The Balaban J connectivity index is 1.07. The molecule has 0 bridgehead atoms. The third-order valence-corrected chi connectivity index (χ3v) is 12.3. The molecule has 1 aliphatic heterocycles.